The van der Waals surface area contributed by atoms with Gasteiger partial charge in [-0.05, 0) is 56.8 Å². The van der Waals surface area contributed by atoms with Gasteiger partial charge in [0.05, 0.1) is 0 Å². The van der Waals surface area contributed by atoms with Crippen LogP contribution in [0.4, 0.5) is 0 Å². The van der Waals surface area contributed by atoms with Crippen molar-refractivity contribution < 1.29 is 4.74 Å². The van der Waals surface area contributed by atoms with Crippen molar-refractivity contribution in [3.63, 3.8) is 0 Å². The molecule has 15 heavy (non-hydrogen) atoms. The Balaban J connectivity index is 1.63. The number of hydrogen-bond donors (Lipinski definition) is 0. The van der Waals surface area contributed by atoms with E-state index in [1.165, 1.54) is 51.7 Å². The molecule has 0 bridgehead atoms. The summed E-state index contributed by atoms with van der Waals surface area (Å²) < 4.78 is 5.39. The Morgan fingerprint density at radius 3 is 2.73 bits per heavy atom. The first kappa shape index (κ1) is 11.8. The van der Waals surface area contributed by atoms with Crippen LogP contribution in [0.5, 0.6) is 0 Å². The fourth-order valence-corrected chi connectivity index (χ4v) is 3.23. The minimum Gasteiger partial charge on any atom is -0.381 e. The smallest absolute Gasteiger partial charge is 0.0468 e. The Bertz CT molecular complexity index is 182. The van der Waals surface area contributed by atoms with E-state index in [9.17, 15) is 0 Å². The third kappa shape index (κ3) is 4.01. The lowest BCUT2D eigenvalue weighted by Gasteiger charge is -2.32. The molecule has 2 nitrogen and oxygen atoms in total. The molecule has 2 fully saturated rings. The van der Waals surface area contributed by atoms with Gasteiger partial charge < -0.3 is 9.64 Å². The number of rotatable bonds is 3. The molecule has 2 aliphatic rings. The third-order valence-electron chi connectivity index (χ3n) is 3.74. The van der Waals surface area contributed by atoms with Crippen molar-refractivity contribution in [2.75, 3.05) is 32.8 Å². The van der Waals surface area contributed by atoms with Gasteiger partial charge in [0.2, 0.25) is 0 Å². The van der Waals surface area contributed by atoms with Crippen molar-refractivity contribution in [2.45, 2.75) is 37.8 Å². The van der Waals surface area contributed by atoms with E-state index in [2.05, 4.69) is 14.1 Å². The average Bonchev–Trinajstić information content (AvgIpc) is 2.28. The number of hydrogen-bond acceptors (Lipinski definition) is 2. The van der Waals surface area contributed by atoms with Crippen molar-refractivity contribution in [3.8, 4) is 0 Å². The maximum atomic E-state index is 5.39. The highest BCUT2D eigenvalue weighted by atomic mass is 31.0. The quantitative estimate of drug-likeness (QED) is 0.687. The highest BCUT2D eigenvalue weighted by molar-refractivity contribution is 7.17. The topological polar surface area (TPSA) is 12.5 Å². The van der Waals surface area contributed by atoms with Crippen molar-refractivity contribution in [1.82, 2.24) is 4.90 Å². The van der Waals surface area contributed by atoms with Crippen molar-refractivity contribution >= 4 is 9.24 Å². The first-order valence-corrected chi connectivity index (χ1v) is 7.07. The van der Waals surface area contributed by atoms with Crippen LogP contribution < -0.4 is 0 Å². The minimum absolute atomic E-state index is 0.841. The molecule has 0 aromatic rings. The second kappa shape index (κ2) is 6.18. The molecule has 2 heterocycles. The number of piperidine rings is 1. The Hall–Kier alpha value is 0.350. The summed E-state index contributed by atoms with van der Waals surface area (Å²) in [7, 11) is 2.99. The molecule has 2 atom stereocenters. The fourth-order valence-electron chi connectivity index (χ4n) is 2.69. The standard InChI is InChI=1S/C12H24NOP/c15-12-2-1-6-13(10-12)7-3-11-4-8-14-9-5-11/h11-12H,1-10,15H2/t12-/m0/s1. The lowest BCUT2D eigenvalue weighted by Crippen LogP contribution is -2.37. The van der Waals surface area contributed by atoms with Crippen LogP contribution in [0, 0.1) is 5.92 Å². The predicted molar refractivity (Wildman–Crippen MR) is 67.3 cm³/mol. The first-order valence-electron chi connectivity index (χ1n) is 6.40. The van der Waals surface area contributed by atoms with Crippen LogP contribution in [0.25, 0.3) is 0 Å². The van der Waals surface area contributed by atoms with Gasteiger partial charge in [0.25, 0.3) is 0 Å². The Morgan fingerprint density at radius 2 is 2.00 bits per heavy atom. The van der Waals surface area contributed by atoms with Crippen LogP contribution in [0.1, 0.15) is 32.1 Å². The van der Waals surface area contributed by atoms with E-state index in [1.807, 2.05) is 0 Å². The van der Waals surface area contributed by atoms with Crippen molar-refractivity contribution in [2.24, 2.45) is 5.92 Å². The van der Waals surface area contributed by atoms with E-state index in [1.54, 1.807) is 0 Å². The maximum Gasteiger partial charge on any atom is 0.0468 e. The molecule has 0 aromatic carbocycles. The van der Waals surface area contributed by atoms with E-state index in [-0.39, 0.29) is 0 Å². The van der Waals surface area contributed by atoms with Crippen LogP contribution >= 0.6 is 9.24 Å². The molecule has 0 radical (unpaired) electrons. The molecular weight excluding hydrogens is 205 g/mol. The summed E-state index contributed by atoms with van der Waals surface area (Å²) in [4.78, 5) is 2.65. The number of nitrogens with zero attached hydrogens (tertiary/aromatic N) is 1. The summed E-state index contributed by atoms with van der Waals surface area (Å²) in [5.74, 6) is 0.934. The van der Waals surface area contributed by atoms with Gasteiger partial charge >= 0.3 is 0 Å². The van der Waals surface area contributed by atoms with Crippen molar-refractivity contribution in [1.29, 1.82) is 0 Å². The largest absolute Gasteiger partial charge is 0.381 e. The van der Waals surface area contributed by atoms with Crippen LogP contribution in [0.15, 0.2) is 0 Å². The van der Waals surface area contributed by atoms with E-state index in [0.717, 1.165) is 24.8 Å². The van der Waals surface area contributed by atoms with Gasteiger partial charge in [-0.3, -0.25) is 0 Å². The van der Waals surface area contributed by atoms with Gasteiger partial charge in [-0.1, -0.05) is 0 Å². The van der Waals surface area contributed by atoms with E-state index < -0.39 is 0 Å². The molecule has 1 unspecified atom stereocenters. The summed E-state index contributed by atoms with van der Waals surface area (Å²) in [5.41, 5.74) is 0.841. The van der Waals surface area contributed by atoms with Gasteiger partial charge in [-0.2, -0.15) is 0 Å². The van der Waals surface area contributed by atoms with Crippen LogP contribution in [-0.2, 0) is 4.74 Å². The third-order valence-corrected chi connectivity index (χ3v) is 4.28. The van der Waals surface area contributed by atoms with Crippen LogP contribution in [-0.4, -0.2) is 43.4 Å². The fraction of sp³-hybridized carbons (Fsp3) is 1.00. The monoisotopic (exact) mass is 229 g/mol. The highest BCUT2D eigenvalue weighted by Gasteiger charge is 2.19. The van der Waals surface area contributed by atoms with Gasteiger partial charge in [-0.25, -0.2) is 0 Å². The van der Waals surface area contributed by atoms with Crippen LogP contribution in [0.3, 0.4) is 0 Å². The van der Waals surface area contributed by atoms with Crippen molar-refractivity contribution in [3.05, 3.63) is 0 Å². The predicted octanol–water partition coefficient (Wildman–Crippen LogP) is 2.14. The van der Waals surface area contributed by atoms with E-state index in [0.29, 0.717) is 0 Å². The van der Waals surface area contributed by atoms with Gasteiger partial charge in [0.1, 0.15) is 0 Å². The molecule has 0 aliphatic carbocycles. The molecule has 0 aromatic heterocycles. The molecule has 88 valence electrons. The lowest BCUT2D eigenvalue weighted by molar-refractivity contribution is 0.0593. The molecule has 0 N–H and O–H groups in total. The normalized spacial score (nSPS) is 30.6. The summed E-state index contributed by atoms with van der Waals surface area (Å²) in [5, 5.41) is 0. The molecule has 0 saturated carbocycles. The Kier molecular flexibility index (Phi) is 4.87. The maximum absolute atomic E-state index is 5.39. The first-order chi connectivity index (χ1) is 7.34. The zero-order valence-electron chi connectivity index (χ0n) is 9.66. The zero-order valence-corrected chi connectivity index (χ0v) is 10.8. The average molecular weight is 229 g/mol. The molecule has 3 heteroatoms. The Morgan fingerprint density at radius 1 is 1.20 bits per heavy atom. The lowest BCUT2D eigenvalue weighted by atomic mass is 9.96. The second-order valence-electron chi connectivity index (χ2n) is 5.05. The molecule has 2 aliphatic heterocycles. The molecule has 0 amide bonds. The number of ether oxygens (including phenoxy) is 1. The SMILES string of the molecule is P[C@H]1CCCN(CCC2CCOCC2)C1. The molecule has 0 spiro atoms. The summed E-state index contributed by atoms with van der Waals surface area (Å²) in [6.45, 7) is 5.94. The summed E-state index contributed by atoms with van der Waals surface area (Å²) >= 11 is 0. The van der Waals surface area contributed by atoms with Gasteiger partial charge in [0.15, 0.2) is 0 Å². The zero-order chi connectivity index (χ0) is 10.5. The van der Waals surface area contributed by atoms with Crippen LogP contribution in [0.2, 0.25) is 0 Å². The van der Waals surface area contributed by atoms with E-state index in [4.69, 9.17) is 4.74 Å². The second-order valence-corrected chi connectivity index (χ2v) is 5.99. The molecule has 2 rings (SSSR count). The van der Waals surface area contributed by atoms with E-state index >= 15 is 0 Å². The minimum atomic E-state index is 0.841. The molecular formula is C12H24NOP. The summed E-state index contributed by atoms with van der Waals surface area (Å²) in [6, 6.07) is 0. The number of likely N-dealkylation sites (tertiary alicyclic amines) is 1. The Labute approximate surface area is 95.9 Å². The van der Waals surface area contributed by atoms with Gasteiger partial charge in [0, 0.05) is 19.8 Å². The van der Waals surface area contributed by atoms with Gasteiger partial charge in [-0.15, -0.1) is 9.24 Å². The highest BCUT2D eigenvalue weighted by Crippen LogP contribution is 2.21. The summed E-state index contributed by atoms with van der Waals surface area (Å²) in [6.07, 6.45) is 6.76. The molecule has 2 saturated heterocycles.